The third-order valence-electron chi connectivity index (χ3n) is 10.6. The lowest BCUT2D eigenvalue weighted by Crippen LogP contribution is -2.47. The summed E-state index contributed by atoms with van der Waals surface area (Å²) in [5, 5.41) is 13.7. The first-order valence-electron chi connectivity index (χ1n) is 16.9. The molecule has 3 saturated heterocycles. The average molecular weight is 690 g/mol. The van der Waals surface area contributed by atoms with Gasteiger partial charge < -0.3 is 19.5 Å². The second kappa shape index (κ2) is 13.8. The normalized spacial score (nSPS) is 19.8. The van der Waals surface area contributed by atoms with Crippen LogP contribution in [0.4, 0.5) is 15.8 Å². The van der Waals surface area contributed by atoms with Crippen molar-refractivity contribution in [2.45, 2.75) is 51.1 Å². The van der Waals surface area contributed by atoms with Crippen molar-refractivity contribution in [3.63, 3.8) is 0 Å². The minimum Gasteiger partial charge on any atom is -0.496 e. The number of hydrogen-bond acceptors (Lipinski definition) is 8. The molecule has 49 heavy (non-hydrogen) atoms. The summed E-state index contributed by atoms with van der Waals surface area (Å²) in [6, 6.07) is 8.74. The predicted octanol–water partition coefficient (Wildman–Crippen LogP) is 5.08. The molecule has 4 aromatic rings. The summed E-state index contributed by atoms with van der Waals surface area (Å²) in [4.78, 5) is 40.7. The van der Waals surface area contributed by atoms with Crippen molar-refractivity contribution in [2.75, 3.05) is 43.5 Å². The van der Waals surface area contributed by atoms with Crippen LogP contribution in [-0.4, -0.2) is 70.8 Å². The van der Waals surface area contributed by atoms with E-state index in [0.29, 0.717) is 69.6 Å². The Balaban J connectivity index is 0.934. The Kier molecular flexibility index (Phi) is 9.34. The van der Waals surface area contributed by atoms with E-state index in [0.717, 1.165) is 63.2 Å². The number of methoxy groups -OCH3 is 1. The van der Waals surface area contributed by atoms with E-state index >= 15 is 4.39 Å². The fraction of sp³-hybridized carbons (Fsp3) is 0.444. The quantitative estimate of drug-likeness (QED) is 0.219. The molecule has 1 unspecified atom stereocenters. The number of halogens is 2. The zero-order valence-electron chi connectivity index (χ0n) is 27.7. The smallest absolute Gasteiger partial charge is 0.276 e. The number of aromatic nitrogens is 3. The number of benzene rings is 2. The third-order valence-corrected chi connectivity index (χ3v) is 10.9. The van der Waals surface area contributed by atoms with Gasteiger partial charge in [-0.05, 0) is 92.9 Å². The van der Waals surface area contributed by atoms with E-state index < -0.39 is 6.04 Å². The number of ether oxygens (including phenoxy) is 1. The number of imide groups is 1. The van der Waals surface area contributed by atoms with Crippen molar-refractivity contribution in [2.24, 2.45) is 18.9 Å². The van der Waals surface area contributed by atoms with Crippen LogP contribution < -0.4 is 25.8 Å². The fourth-order valence-electron chi connectivity index (χ4n) is 7.79. The van der Waals surface area contributed by atoms with E-state index in [1.54, 1.807) is 26.6 Å². The molecule has 2 amide bonds. The van der Waals surface area contributed by atoms with Crippen LogP contribution in [0.5, 0.6) is 5.75 Å². The highest BCUT2D eigenvalue weighted by atomic mass is 35.5. The van der Waals surface area contributed by atoms with Gasteiger partial charge in [-0.3, -0.25) is 29.7 Å². The highest BCUT2D eigenvalue weighted by Gasteiger charge is 2.31. The molecule has 13 heteroatoms. The maximum absolute atomic E-state index is 15.7. The number of fused-ring (bicyclic) bond motifs is 1. The van der Waals surface area contributed by atoms with E-state index in [2.05, 4.69) is 30.6 Å². The van der Waals surface area contributed by atoms with Crippen LogP contribution in [0.2, 0.25) is 5.02 Å². The van der Waals surface area contributed by atoms with Gasteiger partial charge in [0.05, 0.1) is 24.0 Å². The summed E-state index contributed by atoms with van der Waals surface area (Å²) in [7, 11) is 3.23. The molecule has 3 aliphatic rings. The number of aryl methyl sites for hydroxylation is 1. The first-order chi connectivity index (χ1) is 23.7. The number of rotatable bonds is 8. The van der Waals surface area contributed by atoms with Crippen LogP contribution in [0.1, 0.15) is 44.1 Å². The van der Waals surface area contributed by atoms with Gasteiger partial charge in [-0.15, -0.1) is 0 Å². The molecule has 1 atom stereocenters. The molecule has 3 N–H and O–H groups in total. The number of carbonyl (C=O) groups excluding carboxylic acids is 2. The standard InChI is InChI=1S/C36H41ClFN7O4/c1-43-19-26(25-18-39-42-34(25)36(43)48)23-15-29(38)27(32(16-23)49-2)20-44-11-7-21(8-12-44)22-9-13-45(14-10-22)31-5-3-24(17-28(31)37)40-30-4-6-33(46)41-35(30)47/h3,5,15-19,21-22,30,40H,4,6-14,20H2,1-2H3,(H,39,42)(H,41,46,47). The molecule has 2 aromatic carbocycles. The molecule has 0 radical (unpaired) electrons. The van der Waals surface area contributed by atoms with Crippen LogP contribution in [-0.2, 0) is 23.2 Å². The minimum absolute atomic E-state index is 0.188. The first-order valence-corrected chi connectivity index (χ1v) is 17.3. The number of piperidine rings is 3. The van der Waals surface area contributed by atoms with E-state index in [1.165, 1.54) is 10.6 Å². The summed E-state index contributed by atoms with van der Waals surface area (Å²) in [6.07, 6.45) is 8.42. The molecule has 0 aliphatic carbocycles. The molecule has 3 aliphatic heterocycles. The van der Waals surface area contributed by atoms with Gasteiger partial charge in [-0.1, -0.05) is 11.6 Å². The van der Waals surface area contributed by atoms with Gasteiger partial charge in [-0.2, -0.15) is 5.10 Å². The number of hydrogen-bond donors (Lipinski definition) is 3. The summed E-state index contributed by atoms with van der Waals surface area (Å²) < 4.78 is 22.9. The summed E-state index contributed by atoms with van der Waals surface area (Å²) in [5.74, 6) is 0.895. The number of H-pyrrole nitrogens is 1. The zero-order valence-corrected chi connectivity index (χ0v) is 28.5. The Bertz CT molecular complexity index is 1950. The maximum atomic E-state index is 15.7. The van der Waals surface area contributed by atoms with Crippen LogP contribution >= 0.6 is 11.6 Å². The molecule has 11 nitrogen and oxygen atoms in total. The van der Waals surface area contributed by atoms with E-state index in [1.807, 2.05) is 24.3 Å². The highest BCUT2D eigenvalue weighted by molar-refractivity contribution is 6.33. The Morgan fingerprint density at radius 2 is 1.76 bits per heavy atom. The Hall–Kier alpha value is -4.42. The van der Waals surface area contributed by atoms with Crippen molar-refractivity contribution in [1.82, 2.24) is 25.0 Å². The van der Waals surface area contributed by atoms with Gasteiger partial charge in [0.15, 0.2) is 0 Å². The van der Waals surface area contributed by atoms with E-state index in [4.69, 9.17) is 16.3 Å². The average Bonchev–Trinajstić information content (AvgIpc) is 3.60. The third kappa shape index (κ3) is 6.76. The van der Waals surface area contributed by atoms with Crippen LogP contribution in [0.3, 0.4) is 0 Å². The van der Waals surface area contributed by atoms with Gasteiger partial charge in [0.1, 0.15) is 23.1 Å². The number of nitrogens with zero attached hydrogens (tertiary/aromatic N) is 4. The van der Waals surface area contributed by atoms with Crippen molar-refractivity contribution < 1.29 is 18.7 Å². The number of carbonyl (C=O) groups is 2. The van der Waals surface area contributed by atoms with Crippen molar-refractivity contribution in [3.8, 4) is 16.9 Å². The van der Waals surface area contributed by atoms with Crippen LogP contribution in [0.15, 0.2) is 47.5 Å². The van der Waals surface area contributed by atoms with Crippen LogP contribution in [0, 0.1) is 17.7 Å². The molecular formula is C36H41ClFN7O4. The summed E-state index contributed by atoms with van der Waals surface area (Å²) in [5.41, 5.74) is 3.84. The maximum Gasteiger partial charge on any atom is 0.276 e. The lowest BCUT2D eigenvalue weighted by atomic mass is 9.78. The highest BCUT2D eigenvalue weighted by Crippen LogP contribution is 2.38. The molecule has 0 spiro atoms. The monoisotopic (exact) mass is 689 g/mol. The zero-order chi connectivity index (χ0) is 34.2. The number of nitrogens with one attached hydrogen (secondary N) is 3. The fourth-order valence-corrected chi connectivity index (χ4v) is 8.09. The number of anilines is 2. The second-order valence-electron chi connectivity index (χ2n) is 13.5. The molecule has 2 aromatic heterocycles. The molecule has 3 fully saturated rings. The van der Waals surface area contributed by atoms with Gasteiger partial charge >= 0.3 is 0 Å². The number of aromatic amines is 1. The molecule has 258 valence electrons. The van der Waals surface area contributed by atoms with Gasteiger partial charge in [0.25, 0.3) is 5.56 Å². The Labute approximate surface area is 288 Å². The molecule has 0 bridgehead atoms. The largest absolute Gasteiger partial charge is 0.496 e. The van der Waals surface area contributed by atoms with Crippen molar-refractivity contribution in [3.05, 3.63) is 69.5 Å². The first kappa shape index (κ1) is 33.1. The number of pyridine rings is 1. The predicted molar refractivity (Wildman–Crippen MR) is 187 cm³/mol. The van der Waals surface area contributed by atoms with Crippen LogP contribution in [0.25, 0.3) is 22.0 Å². The minimum atomic E-state index is -0.448. The van der Waals surface area contributed by atoms with Gasteiger partial charge in [0.2, 0.25) is 11.8 Å². The van der Waals surface area contributed by atoms with Gasteiger partial charge in [0, 0.05) is 61.5 Å². The van der Waals surface area contributed by atoms with Crippen molar-refractivity contribution in [1.29, 1.82) is 0 Å². The SMILES string of the molecule is COc1cc(-c2cn(C)c(=O)c3[nH]ncc23)cc(F)c1CN1CCC(C2CCN(c3ccc(NC4CCC(=O)NC4=O)cc3Cl)CC2)CC1. The lowest BCUT2D eigenvalue weighted by molar-refractivity contribution is -0.133. The summed E-state index contributed by atoms with van der Waals surface area (Å²) in [6.45, 7) is 4.14. The Morgan fingerprint density at radius 1 is 1.02 bits per heavy atom. The second-order valence-corrected chi connectivity index (χ2v) is 13.9. The van der Waals surface area contributed by atoms with Crippen molar-refractivity contribution >= 4 is 45.7 Å². The molecule has 7 rings (SSSR count). The number of likely N-dealkylation sites (tertiary alicyclic amines) is 1. The van der Waals surface area contributed by atoms with E-state index in [9.17, 15) is 14.4 Å². The summed E-state index contributed by atoms with van der Waals surface area (Å²) >= 11 is 6.72. The van der Waals surface area contributed by atoms with E-state index in [-0.39, 0.29) is 23.2 Å². The molecule has 5 heterocycles. The topological polar surface area (TPSA) is 125 Å². The molecular weight excluding hydrogens is 649 g/mol. The molecule has 0 saturated carbocycles. The Morgan fingerprint density at radius 3 is 2.45 bits per heavy atom. The van der Waals surface area contributed by atoms with Gasteiger partial charge in [-0.25, -0.2) is 4.39 Å². The number of amides is 2. The lowest BCUT2D eigenvalue weighted by Gasteiger charge is -2.41.